The topological polar surface area (TPSA) is 53.7 Å². The van der Waals surface area contributed by atoms with Gasteiger partial charge in [-0.1, -0.05) is 13.8 Å². The highest BCUT2D eigenvalue weighted by atomic mass is 16.4. The summed E-state index contributed by atoms with van der Waals surface area (Å²) >= 11 is 0. The minimum atomic E-state index is -0.359. The van der Waals surface area contributed by atoms with Crippen molar-refractivity contribution in [3.8, 4) is 0 Å². The molecule has 1 atom stereocenters. The molecule has 0 aliphatic carbocycles. The van der Waals surface area contributed by atoms with E-state index in [0.29, 0.717) is 24.5 Å². The molecule has 1 unspecified atom stereocenters. The van der Waals surface area contributed by atoms with E-state index in [4.69, 9.17) is 4.42 Å². The highest BCUT2D eigenvalue weighted by molar-refractivity contribution is 5.71. The molecule has 4 nitrogen and oxygen atoms in total. The number of nitrogens with zero attached hydrogens (tertiary/aromatic N) is 1. The molecule has 0 amide bonds. The Morgan fingerprint density at radius 2 is 2.33 bits per heavy atom. The molecule has 1 aliphatic heterocycles. The van der Waals surface area contributed by atoms with Crippen molar-refractivity contribution in [1.82, 2.24) is 0 Å². The van der Waals surface area contributed by atoms with Gasteiger partial charge in [-0.15, -0.1) is 0 Å². The number of carbonyl (C=O) groups excluding carboxylic acids is 1. The number of furan rings is 1. The molecular formula is C11H15NO3. The maximum atomic E-state index is 10.5. The van der Waals surface area contributed by atoms with Crippen LogP contribution in [0.5, 0.6) is 0 Å². The van der Waals surface area contributed by atoms with Crippen molar-refractivity contribution < 1.29 is 14.3 Å². The molecule has 1 saturated heterocycles. The van der Waals surface area contributed by atoms with Crippen LogP contribution >= 0.6 is 0 Å². The van der Waals surface area contributed by atoms with Crippen molar-refractivity contribution in [1.29, 1.82) is 0 Å². The maximum Gasteiger partial charge on any atom is 0.196 e. The van der Waals surface area contributed by atoms with Gasteiger partial charge in [-0.3, -0.25) is 4.79 Å². The zero-order chi connectivity index (χ0) is 11.1. The second-order valence-corrected chi connectivity index (χ2v) is 4.68. The number of aliphatic hydroxyl groups is 1. The highest BCUT2D eigenvalue weighted by Gasteiger charge is 2.39. The van der Waals surface area contributed by atoms with Gasteiger partial charge in [0.15, 0.2) is 17.9 Å². The molecule has 1 aliphatic rings. The van der Waals surface area contributed by atoms with E-state index >= 15 is 0 Å². The summed E-state index contributed by atoms with van der Waals surface area (Å²) in [5.41, 5.74) is -0.131. The van der Waals surface area contributed by atoms with Crippen LogP contribution in [-0.4, -0.2) is 30.6 Å². The molecule has 0 radical (unpaired) electrons. The average molecular weight is 209 g/mol. The van der Waals surface area contributed by atoms with Gasteiger partial charge in [0, 0.05) is 24.6 Å². The van der Waals surface area contributed by atoms with Gasteiger partial charge in [-0.2, -0.15) is 0 Å². The van der Waals surface area contributed by atoms with Gasteiger partial charge < -0.3 is 14.4 Å². The van der Waals surface area contributed by atoms with Gasteiger partial charge in [-0.25, -0.2) is 0 Å². The summed E-state index contributed by atoms with van der Waals surface area (Å²) in [5, 5.41) is 9.80. The SMILES string of the molecule is CC1(C)CN(c2ccc(C=O)o2)CC1O. The van der Waals surface area contributed by atoms with E-state index < -0.39 is 0 Å². The first-order valence-electron chi connectivity index (χ1n) is 5.01. The van der Waals surface area contributed by atoms with Crippen LogP contribution in [0.1, 0.15) is 24.4 Å². The molecule has 82 valence electrons. The summed E-state index contributed by atoms with van der Waals surface area (Å²) in [4.78, 5) is 12.4. The molecule has 1 aromatic heterocycles. The van der Waals surface area contributed by atoms with E-state index in [1.807, 2.05) is 18.7 Å². The fraction of sp³-hybridized carbons (Fsp3) is 0.545. The van der Waals surface area contributed by atoms with Crippen molar-refractivity contribution >= 4 is 12.2 Å². The number of hydrogen-bond acceptors (Lipinski definition) is 4. The summed E-state index contributed by atoms with van der Waals surface area (Å²) in [6.07, 6.45) is 0.323. The van der Waals surface area contributed by atoms with Crippen molar-refractivity contribution in [2.45, 2.75) is 20.0 Å². The van der Waals surface area contributed by atoms with Crippen molar-refractivity contribution in [3.63, 3.8) is 0 Å². The van der Waals surface area contributed by atoms with Gasteiger partial charge >= 0.3 is 0 Å². The van der Waals surface area contributed by atoms with Crippen LogP contribution in [0, 0.1) is 5.41 Å². The largest absolute Gasteiger partial charge is 0.438 e. The first kappa shape index (κ1) is 10.2. The lowest BCUT2D eigenvalue weighted by Crippen LogP contribution is -2.26. The van der Waals surface area contributed by atoms with Crippen molar-refractivity contribution in [3.05, 3.63) is 17.9 Å². The Bertz CT molecular complexity index is 370. The number of carbonyl (C=O) groups is 1. The Morgan fingerprint density at radius 1 is 1.60 bits per heavy atom. The molecule has 1 N–H and O–H groups in total. The fourth-order valence-corrected chi connectivity index (χ4v) is 1.86. The molecule has 2 heterocycles. The molecule has 0 bridgehead atoms. The molecule has 1 aromatic rings. The molecule has 0 spiro atoms. The Hall–Kier alpha value is -1.29. The maximum absolute atomic E-state index is 10.5. The monoisotopic (exact) mass is 209 g/mol. The second-order valence-electron chi connectivity index (χ2n) is 4.68. The molecule has 1 fully saturated rings. The Kier molecular flexibility index (Phi) is 2.31. The summed E-state index contributed by atoms with van der Waals surface area (Å²) in [6, 6.07) is 3.40. The molecule has 0 saturated carbocycles. The summed E-state index contributed by atoms with van der Waals surface area (Å²) in [7, 11) is 0. The Morgan fingerprint density at radius 3 is 2.80 bits per heavy atom. The van der Waals surface area contributed by atoms with Gasteiger partial charge in [0.2, 0.25) is 0 Å². The first-order valence-corrected chi connectivity index (χ1v) is 5.01. The first-order chi connectivity index (χ1) is 7.03. The van der Waals surface area contributed by atoms with Crippen LogP contribution in [0.25, 0.3) is 0 Å². The third kappa shape index (κ3) is 1.77. The molecule has 4 heteroatoms. The van der Waals surface area contributed by atoms with E-state index in [1.165, 1.54) is 0 Å². The van der Waals surface area contributed by atoms with Crippen LogP contribution in [0.4, 0.5) is 5.88 Å². The Balaban J connectivity index is 2.17. The number of anilines is 1. The second kappa shape index (κ2) is 3.38. The molecule has 2 rings (SSSR count). The number of aldehydes is 1. The highest BCUT2D eigenvalue weighted by Crippen LogP contribution is 2.33. The lowest BCUT2D eigenvalue weighted by molar-refractivity contribution is 0.0964. The van der Waals surface area contributed by atoms with Crippen LogP contribution in [0.15, 0.2) is 16.5 Å². The van der Waals surface area contributed by atoms with Gasteiger partial charge in [0.25, 0.3) is 0 Å². The Labute approximate surface area is 88.5 Å². The van der Waals surface area contributed by atoms with Gasteiger partial charge in [0.1, 0.15) is 0 Å². The molecule has 15 heavy (non-hydrogen) atoms. The minimum Gasteiger partial charge on any atom is -0.438 e. The lowest BCUT2D eigenvalue weighted by Gasteiger charge is -2.20. The van der Waals surface area contributed by atoms with Crippen molar-refractivity contribution in [2.75, 3.05) is 18.0 Å². The summed E-state index contributed by atoms with van der Waals surface area (Å²) < 4.78 is 5.31. The third-order valence-corrected chi connectivity index (χ3v) is 2.93. The normalized spacial score (nSPS) is 24.5. The number of aliphatic hydroxyl groups excluding tert-OH is 1. The third-order valence-electron chi connectivity index (χ3n) is 2.93. The average Bonchev–Trinajstić information content (AvgIpc) is 2.72. The van der Waals surface area contributed by atoms with E-state index in [1.54, 1.807) is 12.1 Å². The van der Waals surface area contributed by atoms with Crippen LogP contribution in [0.3, 0.4) is 0 Å². The summed E-state index contributed by atoms with van der Waals surface area (Å²) in [5.74, 6) is 0.978. The number of hydrogen-bond donors (Lipinski definition) is 1. The van der Waals surface area contributed by atoms with Crippen LogP contribution in [-0.2, 0) is 0 Å². The van der Waals surface area contributed by atoms with E-state index in [0.717, 1.165) is 6.54 Å². The molecule has 0 aromatic carbocycles. The predicted molar refractivity (Wildman–Crippen MR) is 56.1 cm³/mol. The molecular weight excluding hydrogens is 194 g/mol. The van der Waals surface area contributed by atoms with Crippen molar-refractivity contribution in [2.24, 2.45) is 5.41 Å². The van der Waals surface area contributed by atoms with E-state index in [-0.39, 0.29) is 11.5 Å². The number of rotatable bonds is 2. The predicted octanol–water partition coefficient (Wildman–Crippen LogP) is 1.30. The van der Waals surface area contributed by atoms with E-state index in [9.17, 15) is 9.90 Å². The zero-order valence-corrected chi connectivity index (χ0v) is 8.93. The quantitative estimate of drug-likeness (QED) is 0.746. The van der Waals surface area contributed by atoms with Gasteiger partial charge in [-0.05, 0) is 6.07 Å². The standard InChI is InChI=1S/C11H15NO3/c1-11(2)7-12(5-9(11)14)10-4-3-8(6-13)15-10/h3-4,6,9,14H,5,7H2,1-2H3. The summed E-state index contributed by atoms with van der Waals surface area (Å²) in [6.45, 7) is 5.32. The lowest BCUT2D eigenvalue weighted by atomic mass is 9.90. The number of β-amino-alcohol motifs (C(OH)–C–C–N with tert-alkyl or cyclic N) is 1. The van der Waals surface area contributed by atoms with Crippen LogP contribution < -0.4 is 4.90 Å². The smallest absolute Gasteiger partial charge is 0.196 e. The fourth-order valence-electron chi connectivity index (χ4n) is 1.86. The van der Waals surface area contributed by atoms with E-state index in [2.05, 4.69) is 0 Å². The van der Waals surface area contributed by atoms with Crippen LogP contribution in [0.2, 0.25) is 0 Å². The van der Waals surface area contributed by atoms with Gasteiger partial charge in [0.05, 0.1) is 6.10 Å². The zero-order valence-electron chi connectivity index (χ0n) is 8.93. The minimum absolute atomic E-state index is 0.131.